The van der Waals surface area contributed by atoms with Crippen LogP contribution in [0.4, 0.5) is 0 Å². The molecule has 1 saturated heterocycles. The fourth-order valence-electron chi connectivity index (χ4n) is 2.42. The number of alkyl halides is 1. The summed E-state index contributed by atoms with van der Waals surface area (Å²) in [7, 11) is 0. The van der Waals surface area contributed by atoms with Gasteiger partial charge in [-0.05, 0) is 32.8 Å². The van der Waals surface area contributed by atoms with Gasteiger partial charge in [-0.25, -0.2) is 0 Å². The van der Waals surface area contributed by atoms with E-state index >= 15 is 0 Å². The maximum atomic E-state index is 5.77. The van der Waals surface area contributed by atoms with Gasteiger partial charge in [-0.3, -0.25) is 9.58 Å². The number of nitrogens with zero attached hydrogens (tertiary/aromatic N) is 3. The summed E-state index contributed by atoms with van der Waals surface area (Å²) in [5.41, 5.74) is 1.17. The number of aromatic nitrogens is 2. The Labute approximate surface area is 124 Å². The Morgan fingerprint density at radius 1 is 1.42 bits per heavy atom. The zero-order valence-corrected chi connectivity index (χ0v) is 13.5. The molecule has 0 spiro atoms. The van der Waals surface area contributed by atoms with Crippen molar-refractivity contribution in [1.82, 2.24) is 14.7 Å². The van der Waals surface area contributed by atoms with Crippen LogP contribution >= 0.6 is 15.9 Å². The lowest BCUT2D eigenvalue weighted by Gasteiger charge is -2.31. The first-order valence-corrected chi connectivity index (χ1v) is 8.25. The summed E-state index contributed by atoms with van der Waals surface area (Å²) < 4.78 is 7.80. The van der Waals surface area contributed by atoms with Crippen LogP contribution in [0.25, 0.3) is 0 Å². The number of halogens is 1. The average Bonchev–Trinajstić information content (AvgIpc) is 2.87. The number of hydrogen-bond acceptors (Lipinski definition) is 3. The normalized spacial score (nSPS) is 18.3. The van der Waals surface area contributed by atoms with Crippen LogP contribution in [0.5, 0.6) is 0 Å². The SMILES string of the molecule is CC(C)n1ccc(CN2CCC(OCCBr)CC2)n1. The van der Waals surface area contributed by atoms with Gasteiger partial charge in [-0.1, -0.05) is 15.9 Å². The van der Waals surface area contributed by atoms with Gasteiger partial charge in [-0.2, -0.15) is 5.10 Å². The van der Waals surface area contributed by atoms with Gasteiger partial charge in [0.15, 0.2) is 0 Å². The Morgan fingerprint density at radius 3 is 2.74 bits per heavy atom. The summed E-state index contributed by atoms with van der Waals surface area (Å²) in [5, 5.41) is 5.54. The monoisotopic (exact) mass is 329 g/mol. The molecule has 0 aliphatic carbocycles. The summed E-state index contributed by atoms with van der Waals surface area (Å²) >= 11 is 3.40. The summed E-state index contributed by atoms with van der Waals surface area (Å²) in [4.78, 5) is 2.47. The van der Waals surface area contributed by atoms with E-state index in [1.165, 1.54) is 5.69 Å². The Hall–Kier alpha value is -0.390. The number of likely N-dealkylation sites (tertiary alicyclic amines) is 1. The second-order valence-electron chi connectivity index (χ2n) is 5.42. The van der Waals surface area contributed by atoms with Gasteiger partial charge in [0, 0.05) is 37.2 Å². The Kier molecular flexibility index (Phi) is 5.85. The minimum Gasteiger partial charge on any atom is -0.377 e. The Morgan fingerprint density at radius 2 is 2.16 bits per heavy atom. The van der Waals surface area contributed by atoms with Crippen molar-refractivity contribution in [1.29, 1.82) is 0 Å². The van der Waals surface area contributed by atoms with E-state index in [0.29, 0.717) is 12.1 Å². The third-order valence-corrected chi connectivity index (χ3v) is 3.87. The molecule has 1 fully saturated rings. The number of ether oxygens (including phenoxy) is 1. The van der Waals surface area contributed by atoms with Crippen LogP contribution in [0, 0.1) is 0 Å². The second kappa shape index (κ2) is 7.41. The van der Waals surface area contributed by atoms with E-state index in [1.807, 2.05) is 4.68 Å². The number of piperidine rings is 1. The van der Waals surface area contributed by atoms with Crippen molar-refractivity contribution in [2.45, 2.75) is 45.4 Å². The highest BCUT2D eigenvalue weighted by Gasteiger charge is 2.20. The van der Waals surface area contributed by atoms with Crippen molar-refractivity contribution >= 4 is 15.9 Å². The highest BCUT2D eigenvalue weighted by molar-refractivity contribution is 9.09. The Balaban J connectivity index is 1.75. The first-order valence-electron chi connectivity index (χ1n) is 7.13. The van der Waals surface area contributed by atoms with Crippen LogP contribution in [-0.4, -0.2) is 45.8 Å². The molecule has 0 unspecified atom stereocenters. The molecule has 19 heavy (non-hydrogen) atoms. The van der Waals surface area contributed by atoms with E-state index in [2.05, 4.69) is 52.0 Å². The number of rotatable bonds is 6. The van der Waals surface area contributed by atoms with Gasteiger partial charge >= 0.3 is 0 Å². The maximum Gasteiger partial charge on any atom is 0.0764 e. The smallest absolute Gasteiger partial charge is 0.0764 e. The van der Waals surface area contributed by atoms with Crippen molar-refractivity contribution in [3.8, 4) is 0 Å². The minimum atomic E-state index is 0.442. The lowest BCUT2D eigenvalue weighted by Crippen LogP contribution is -2.36. The summed E-state index contributed by atoms with van der Waals surface area (Å²) in [6, 6.07) is 2.57. The topological polar surface area (TPSA) is 30.3 Å². The fraction of sp³-hybridized carbons (Fsp3) is 0.786. The zero-order chi connectivity index (χ0) is 13.7. The average molecular weight is 330 g/mol. The standard InChI is InChI=1S/C14H24BrN3O/c1-12(2)18-9-3-13(16-18)11-17-7-4-14(5-8-17)19-10-6-15/h3,9,12,14H,4-8,10-11H2,1-2H3. The van der Waals surface area contributed by atoms with Crippen molar-refractivity contribution in [2.75, 3.05) is 25.0 Å². The first-order chi connectivity index (χ1) is 9.19. The van der Waals surface area contributed by atoms with E-state index < -0.39 is 0 Å². The van der Waals surface area contributed by atoms with Crippen molar-refractivity contribution in [2.24, 2.45) is 0 Å². The molecule has 4 nitrogen and oxygen atoms in total. The van der Waals surface area contributed by atoms with Crippen LogP contribution in [-0.2, 0) is 11.3 Å². The summed E-state index contributed by atoms with van der Waals surface area (Å²) in [6.07, 6.45) is 4.80. The molecule has 0 aromatic carbocycles. The second-order valence-corrected chi connectivity index (χ2v) is 6.21. The van der Waals surface area contributed by atoms with Gasteiger partial charge in [0.25, 0.3) is 0 Å². The molecule has 1 aliphatic heterocycles. The van der Waals surface area contributed by atoms with Gasteiger partial charge < -0.3 is 4.74 Å². The van der Waals surface area contributed by atoms with E-state index in [-0.39, 0.29) is 0 Å². The lowest BCUT2D eigenvalue weighted by molar-refractivity contribution is 0.0138. The predicted octanol–water partition coefficient (Wildman–Crippen LogP) is 2.84. The molecule has 1 aliphatic rings. The molecule has 0 N–H and O–H groups in total. The van der Waals surface area contributed by atoms with Crippen LogP contribution in [0.3, 0.4) is 0 Å². The molecule has 0 bridgehead atoms. The first kappa shape index (κ1) is 15.0. The minimum absolute atomic E-state index is 0.442. The van der Waals surface area contributed by atoms with Gasteiger partial charge in [0.1, 0.15) is 0 Å². The molecule has 0 radical (unpaired) electrons. The van der Waals surface area contributed by atoms with Gasteiger partial charge in [0.05, 0.1) is 18.4 Å². The van der Waals surface area contributed by atoms with E-state index in [0.717, 1.165) is 44.4 Å². The molecule has 1 aromatic rings. The predicted molar refractivity (Wildman–Crippen MR) is 80.7 cm³/mol. The third kappa shape index (κ3) is 4.58. The van der Waals surface area contributed by atoms with E-state index in [9.17, 15) is 0 Å². The molecule has 2 rings (SSSR count). The Bertz CT molecular complexity index is 373. The molecular weight excluding hydrogens is 306 g/mol. The molecule has 0 saturated carbocycles. The molecule has 108 valence electrons. The van der Waals surface area contributed by atoms with Crippen molar-refractivity contribution < 1.29 is 4.74 Å². The molecule has 1 aromatic heterocycles. The van der Waals surface area contributed by atoms with E-state index in [4.69, 9.17) is 4.74 Å². The van der Waals surface area contributed by atoms with Crippen molar-refractivity contribution in [3.05, 3.63) is 18.0 Å². The largest absolute Gasteiger partial charge is 0.377 e. The molecule has 2 heterocycles. The highest BCUT2D eigenvalue weighted by Crippen LogP contribution is 2.16. The van der Waals surface area contributed by atoms with Crippen LogP contribution in [0.2, 0.25) is 0 Å². The summed E-state index contributed by atoms with van der Waals surface area (Å²) in [6.45, 7) is 8.32. The summed E-state index contributed by atoms with van der Waals surface area (Å²) in [5.74, 6) is 0. The quantitative estimate of drug-likeness (QED) is 0.752. The van der Waals surface area contributed by atoms with Crippen molar-refractivity contribution in [3.63, 3.8) is 0 Å². The third-order valence-electron chi connectivity index (χ3n) is 3.54. The maximum absolute atomic E-state index is 5.77. The van der Waals surface area contributed by atoms with Crippen LogP contribution < -0.4 is 0 Å². The van der Waals surface area contributed by atoms with Gasteiger partial charge in [-0.15, -0.1) is 0 Å². The lowest BCUT2D eigenvalue weighted by atomic mass is 10.1. The highest BCUT2D eigenvalue weighted by atomic mass is 79.9. The van der Waals surface area contributed by atoms with Crippen LogP contribution in [0.15, 0.2) is 12.3 Å². The fourth-order valence-corrected chi connectivity index (χ4v) is 2.61. The van der Waals surface area contributed by atoms with Crippen LogP contribution in [0.1, 0.15) is 38.4 Å². The molecular formula is C14H24BrN3O. The molecule has 0 amide bonds. The van der Waals surface area contributed by atoms with E-state index in [1.54, 1.807) is 0 Å². The zero-order valence-electron chi connectivity index (χ0n) is 11.9. The molecule has 0 atom stereocenters. The molecule has 5 heteroatoms. The number of hydrogen-bond donors (Lipinski definition) is 0. The van der Waals surface area contributed by atoms with Gasteiger partial charge in [0.2, 0.25) is 0 Å².